The van der Waals surface area contributed by atoms with Crippen LogP contribution in [-0.2, 0) is 32.5 Å². The van der Waals surface area contributed by atoms with Crippen LogP contribution in [0.4, 0.5) is 13.2 Å². The van der Waals surface area contributed by atoms with Gasteiger partial charge in [0.15, 0.2) is 11.6 Å². The third-order valence-corrected chi connectivity index (χ3v) is 5.17. The molecule has 0 amide bonds. The van der Waals surface area contributed by atoms with E-state index in [0.29, 0.717) is 13.1 Å². The zero-order chi connectivity index (χ0) is 20.2. The number of aromatic nitrogens is 2. The van der Waals surface area contributed by atoms with Gasteiger partial charge in [0, 0.05) is 38.3 Å². The van der Waals surface area contributed by atoms with E-state index < -0.39 is 18.2 Å². The molecular formula is C22H22F3N3O. The summed E-state index contributed by atoms with van der Waals surface area (Å²) in [6, 6.07) is 14.5. The van der Waals surface area contributed by atoms with Crippen molar-refractivity contribution in [2.24, 2.45) is 0 Å². The van der Waals surface area contributed by atoms with Crippen molar-refractivity contribution < 1.29 is 17.9 Å². The summed E-state index contributed by atoms with van der Waals surface area (Å²) in [6.07, 6.45) is 3.73. The Kier molecular flexibility index (Phi) is 5.85. The third kappa shape index (κ3) is 4.79. The van der Waals surface area contributed by atoms with Gasteiger partial charge in [-0.25, -0.2) is 9.37 Å². The van der Waals surface area contributed by atoms with Gasteiger partial charge in [0.1, 0.15) is 0 Å². The summed E-state index contributed by atoms with van der Waals surface area (Å²) in [5.41, 5.74) is 4.32. The lowest BCUT2D eigenvalue weighted by Gasteiger charge is -2.27. The molecule has 2 aromatic carbocycles. The Morgan fingerprint density at radius 3 is 2.66 bits per heavy atom. The first-order chi connectivity index (χ1) is 14.1. The number of aryl methyl sites for hydroxylation is 2. The van der Waals surface area contributed by atoms with Gasteiger partial charge in [-0.05, 0) is 29.7 Å². The minimum atomic E-state index is -3.03. The van der Waals surface area contributed by atoms with Crippen LogP contribution in [0.3, 0.4) is 0 Å². The van der Waals surface area contributed by atoms with E-state index in [2.05, 4.69) is 31.3 Å². The number of ether oxygens (including phenoxy) is 1. The molecule has 4 nitrogen and oxygen atoms in total. The van der Waals surface area contributed by atoms with Crippen molar-refractivity contribution in [2.75, 3.05) is 6.54 Å². The van der Waals surface area contributed by atoms with Crippen LogP contribution in [0.1, 0.15) is 22.5 Å². The maximum absolute atomic E-state index is 13.9. The Hall–Kier alpha value is -2.80. The molecule has 0 saturated carbocycles. The number of fused-ring (bicyclic) bond motifs is 1. The largest absolute Gasteiger partial charge is 0.432 e. The van der Waals surface area contributed by atoms with Gasteiger partial charge in [-0.1, -0.05) is 36.4 Å². The topological polar surface area (TPSA) is 30.3 Å². The zero-order valence-electron chi connectivity index (χ0n) is 15.9. The number of hydrogen-bond donors (Lipinski definition) is 0. The van der Waals surface area contributed by atoms with Gasteiger partial charge in [0.25, 0.3) is 0 Å². The lowest BCUT2D eigenvalue weighted by atomic mass is 10.1. The molecule has 0 saturated heterocycles. The molecule has 0 radical (unpaired) electrons. The van der Waals surface area contributed by atoms with Crippen LogP contribution in [-0.4, -0.2) is 27.6 Å². The molecule has 152 valence electrons. The maximum atomic E-state index is 13.9. The Bertz CT molecular complexity index is 959. The molecule has 0 aliphatic carbocycles. The highest BCUT2D eigenvalue weighted by Gasteiger charge is 2.21. The van der Waals surface area contributed by atoms with Crippen molar-refractivity contribution >= 4 is 0 Å². The van der Waals surface area contributed by atoms with Crippen LogP contribution >= 0.6 is 0 Å². The lowest BCUT2D eigenvalue weighted by Crippen LogP contribution is -2.31. The first kappa shape index (κ1) is 19.5. The molecular weight excluding hydrogens is 379 g/mol. The third-order valence-electron chi connectivity index (χ3n) is 5.17. The van der Waals surface area contributed by atoms with Gasteiger partial charge in [-0.15, -0.1) is 0 Å². The van der Waals surface area contributed by atoms with Crippen LogP contribution in [0.2, 0.25) is 0 Å². The van der Waals surface area contributed by atoms with Gasteiger partial charge in [0.05, 0.1) is 12.0 Å². The van der Waals surface area contributed by atoms with Crippen molar-refractivity contribution in [3.63, 3.8) is 0 Å². The molecule has 2 heterocycles. The minimum absolute atomic E-state index is 0.429. The monoisotopic (exact) mass is 401 g/mol. The van der Waals surface area contributed by atoms with Crippen LogP contribution in [0, 0.1) is 5.82 Å². The van der Waals surface area contributed by atoms with Gasteiger partial charge in [-0.2, -0.15) is 8.78 Å². The van der Waals surface area contributed by atoms with E-state index in [-0.39, 0.29) is 0 Å². The second-order valence-electron chi connectivity index (χ2n) is 7.17. The fourth-order valence-corrected chi connectivity index (χ4v) is 3.74. The summed E-state index contributed by atoms with van der Waals surface area (Å²) in [5, 5.41) is 0. The van der Waals surface area contributed by atoms with Crippen molar-refractivity contribution in [3.05, 3.63) is 83.2 Å². The summed E-state index contributed by atoms with van der Waals surface area (Å²) >= 11 is 0. The molecule has 4 rings (SSSR count). The molecule has 1 aromatic heterocycles. The zero-order valence-corrected chi connectivity index (χ0v) is 15.9. The molecule has 0 N–H and O–H groups in total. The van der Waals surface area contributed by atoms with E-state index in [1.54, 1.807) is 6.07 Å². The van der Waals surface area contributed by atoms with Crippen LogP contribution in [0.25, 0.3) is 0 Å². The average molecular weight is 401 g/mol. The van der Waals surface area contributed by atoms with E-state index in [1.165, 1.54) is 23.4 Å². The highest BCUT2D eigenvalue weighted by molar-refractivity contribution is 5.29. The van der Waals surface area contributed by atoms with Crippen LogP contribution in [0.5, 0.6) is 5.75 Å². The lowest BCUT2D eigenvalue weighted by molar-refractivity contribution is -0.0522. The quantitative estimate of drug-likeness (QED) is 0.587. The summed E-state index contributed by atoms with van der Waals surface area (Å²) < 4.78 is 44.8. The standard InChI is InChI=1S/C22H22F3N3O/c23-18-12-17(6-7-21(18)29-22(24)25)13-27-10-9-20-19(14-27)26-15-28(20)11-8-16-4-2-1-3-5-16/h1-7,12,15,22H,8-11,13-14H2. The smallest absolute Gasteiger partial charge is 0.387 e. The van der Waals surface area contributed by atoms with Gasteiger partial charge >= 0.3 is 6.61 Å². The molecule has 3 aromatic rings. The first-order valence-electron chi connectivity index (χ1n) is 9.61. The normalized spacial score (nSPS) is 14.2. The van der Waals surface area contributed by atoms with Crippen LogP contribution in [0.15, 0.2) is 54.9 Å². The van der Waals surface area contributed by atoms with Crippen LogP contribution < -0.4 is 4.74 Å². The first-order valence-corrected chi connectivity index (χ1v) is 9.61. The number of alkyl halides is 2. The number of benzene rings is 2. The fourth-order valence-electron chi connectivity index (χ4n) is 3.74. The Morgan fingerprint density at radius 1 is 1.07 bits per heavy atom. The van der Waals surface area contributed by atoms with E-state index in [9.17, 15) is 13.2 Å². The van der Waals surface area contributed by atoms with Crippen molar-refractivity contribution in [2.45, 2.75) is 39.1 Å². The molecule has 7 heteroatoms. The Balaban J connectivity index is 1.37. The summed E-state index contributed by atoms with van der Waals surface area (Å²) in [7, 11) is 0. The molecule has 29 heavy (non-hydrogen) atoms. The maximum Gasteiger partial charge on any atom is 0.387 e. The highest BCUT2D eigenvalue weighted by Crippen LogP contribution is 2.24. The van der Waals surface area contributed by atoms with E-state index >= 15 is 0 Å². The number of rotatable bonds is 7. The second kappa shape index (κ2) is 8.69. The molecule has 0 fully saturated rings. The fraction of sp³-hybridized carbons (Fsp3) is 0.318. The second-order valence-corrected chi connectivity index (χ2v) is 7.17. The minimum Gasteiger partial charge on any atom is -0.432 e. The van der Waals surface area contributed by atoms with E-state index in [1.807, 2.05) is 24.5 Å². The van der Waals surface area contributed by atoms with E-state index in [0.717, 1.165) is 37.2 Å². The predicted molar refractivity (Wildman–Crippen MR) is 103 cm³/mol. The number of halogens is 3. The molecule has 0 atom stereocenters. The number of imidazole rings is 1. The van der Waals surface area contributed by atoms with Gasteiger partial charge < -0.3 is 9.30 Å². The molecule has 1 aliphatic heterocycles. The summed E-state index contributed by atoms with van der Waals surface area (Å²) in [6.45, 7) is -0.0931. The van der Waals surface area contributed by atoms with Gasteiger partial charge in [0.2, 0.25) is 0 Å². The highest BCUT2D eigenvalue weighted by atomic mass is 19.3. The number of hydrogen-bond acceptors (Lipinski definition) is 3. The van der Waals surface area contributed by atoms with Crippen molar-refractivity contribution in [1.82, 2.24) is 14.5 Å². The van der Waals surface area contributed by atoms with Crippen molar-refractivity contribution in [3.8, 4) is 5.75 Å². The Labute approximate surface area is 167 Å². The molecule has 0 bridgehead atoms. The van der Waals surface area contributed by atoms with E-state index in [4.69, 9.17) is 0 Å². The molecule has 0 spiro atoms. The Morgan fingerprint density at radius 2 is 1.90 bits per heavy atom. The molecule has 1 aliphatic rings. The summed E-state index contributed by atoms with van der Waals surface area (Å²) in [4.78, 5) is 6.75. The van der Waals surface area contributed by atoms with Crippen molar-refractivity contribution in [1.29, 1.82) is 0 Å². The summed E-state index contributed by atoms with van der Waals surface area (Å²) in [5.74, 6) is -1.20. The predicted octanol–water partition coefficient (Wildman–Crippen LogP) is 4.42. The number of nitrogens with zero attached hydrogens (tertiary/aromatic N) is 3. The average Bonchev–Trinajstić information content (AvgIpc) is 3.11. The molecule has 0 unspecified atom stereocenters. The SMILES string of the molecule is Fc1cc(CN2CCc3c(ncn3CCc3ccccc3)C2)ccc1OC(F)F. The van der Waals surface area contributed by atoms with Gasteiger partial charge in [-0.3, -0.25) is 4.90 Å².